The fraction of sp³-hybridized carbons (Fsp3) is 0.364. The Hall–Kier alpha value is -0.610. The molecule has 0 bridgehead atoms. The molecule has 0 heterocycles. The van der Waals surface area contributed by atoms with Crippen LogP contribution in [0.5, 0.6) is 0 Å². The lowest BCUT2D eigenvalue weighted by molar-refractivity contribution is -0.142. The fourth-order valence-electron chi connectivity index (χ4n) is 1.33. The van der Waals surface area contributed by atoms with Crippen molar-refractivity contribution in [2.75, 3.05) is 6.61 Å². The summed E-state index contributed by atoms with van der Waals surface area (Å²) in [5.41, 5.74) is 0.998. The van der Waals surface area contributed by atoms with Crippen molar-refractivity contribution in [3.63, 3.8) is 0 Å². The summed E-state index contributed by atoms with van der Waals surface area (Å²) in [5.74, 6) is -0.916. The molecule has 1 rings (SSSR count). The number of alkyl halides is 1. The molecule has 5 heteroatoms. The maximum absolute atomic E-state index is 13.6. The summed E-state index contributed by atoms with van der Waals surface area (Å²) in [5, 5.41) is 0.763. The third kappa shape index (κ3) is 3.46. The van der Waals surface area contributed by atoms with Crippen LogP contribution in [0.2, 0.25) is 5.02 Å². The minimum absolute atomic E-state index is 0.0717. The summed E-state index contributed by atoms with van der Waals surface area (Å²) in [6, 6.07) is 2.83. The van der Waals surface area contributed by atoms with E-state index in [4.69, 9.17) is 16.3 Å². The molecule has 1 aromatic rings. The Morgan fingerprint density at radius 3 is 2.81 bits per heavy atom. The molecule has 0 aliphatic carbocycles. The molecule has 1 aromatic carbocycles. The molecule has 0 amide bonds. The molecule has 16 heavy (non-hydrogen) atoms. The van der Waals surface area contributed by atoms with E-state index < -0.39 is 11.8 Å². The Labute approximate surface area is 107 Å². The quantitative estimate of drug-likeness (QED) is 0.629. The largest absolute Gasteiger partial charge is 0.466 e. The van der Waals surface area contributed by atoms with E-state index in [9.17, 15) is 9.18 Å². The Morgan fingerprint density at radius 1 is 1.56 bits per heavy atom. The number of carbonyl (C=O) groups excluding carboxylic acids is 1. The highest BCUT2D eigenvalue weighted by atomic mass is 79.9. The van der Waals surface area contributed by atoms with Gasteiger partial charge in [0.15, 0.2) is 0 Å². The van der Waals surface area contributed by atoms with Gasteiger partial charge in [0.25, 0.3) is 0 Å². The van der Waals surface area contributed by atoms with Crippen LogP contribution >= 0.6 is 27.5 Å². The minimum atomic E-state index is -0.477. The van der Waals surface area contributed by atoms with Crippen LogP contribution in [0.25, 0.3) is 0 Å². The zero-order valence-corrected chi connectivity index (χ0v) is 11.1. The molecule has 0 aromatic heterocycles. The van der Waals surface area contributed by atoms with Crippen LogP contribution in [-0.2, 0) is 21.3 Å². The van der Waals surface area contributed by atoms with Gasteiger partial charge in [0.1, 0.15) is 5.82 Å². The number of hydrogen-bond acceptors (Lipinski definition) is 2. The third-order valence-corrected chi connectivity index (χ3v) is 2.85. The van der Waals surface area contributed by atoms with E-state index in [1.54, 1.807) is 13.0 Å². The average molecular weight is 310 g/mol. The summed E-state index contributed by atoms with van der Waals surface area (Å²) in [7, 11) is 0. The van der Waals surface area contributed by atoms with Crippen molar-refractivity contribution in [3.05, 3.63) is 34.1 Å². The van der Waals surface area contributed by atoms with Gasteiger partial charge in [0.2, 0.25) is 0 Å². The number of hydrogen-bond donors (Lipinski definition) is 0. The Morgan fingerprint density at radius 2 is 2.25 bits per heavy atom. The highest BCUT2D eigenvalue weighted by Crippen LogP contribution is 2.23. The van der Waals surface area contributed by atoms with Gasteiger partial charge in [-0.15, -0.1) is 0 Å². The van der Waals surface area contributed by atoms with Gasteiger partial charge in [-0.3, -0.25) is 4.79 Å². The molecule has 0 fully saturated rings. The molecule has 0 radical (unpaired) electrons. The molecular formula is C11H11BrClFO2. The maximum atomic E-state index is 13.6. The lowest BCUT2D eigenvalue weighted by Crippen LogP contribution is -2.10. The van der Waals surface area contributed by atoms with E-state index in [0.717, 1.165) is 0 Å². The molecule has 2 nitrogen and oxygen atoms in total. The smallest absolute Gasteiger partial charge is 0.310 e. The van der Waals surface area contributed by atoms with Crippen molar-refractivity contribution in [2.45, 2.75) is 18.7 Å². The monoisotopic (exact) mass is 308 g/mol. The first kappa shape index (κ1) is 13.5. The van der Waals surface area contributed by atoms with E-state index >= 15 is 0 Å². The van der Waals surface area contributed by atoms with Gasteiger partial charge in [-0.25, -0.2) is 4.39 Å². The first-order valence-corrected chi connectivity index (χ1v) is 6.26. The van der Waals surface area contributed by atoms with Crippen molar-refractivity contribution in [3.8, 4) is 0 Å². The van der Waals surface area contributed by atoms with E-state index in [0.29, 0.717) is 21.5 Å². The van der Waals surface area contributed by atoms with E-state index in [2.05, 4.69) is 15.9 Å². The first-order valence-electron chi connectivity index (χ1n) is 4.76. The summed E-state index contributed by atoms with van der Waals surface area (Å²) in [6.07, 6.45) is -0.0717. The highest BCUT2D eigenvalue weighted by molar-refractivity contribution is 9.08. The van der Waals surface area contributed by atoms with Gasteiger partial charge in [-0.2, -0.15) is 0 Å². The zero-order valence-electron chi connectivity index (χ0n) is 8.73. The summed E-state index contributed by atoms with van der Waals surface area (Å²) in [4.78, 5) is 11.3. The predicted molar refractivity (Wildman–Crippen MR) is 64.4 cm³/mol. The van der Waals surface area contributed by atoms with Crippen LogP contribution in [0.1, 0.15) is 18.1 Å². The number of halogens is 3. The van der Waals surface area contributed by atoms with Gasteiger partial charge in [0.05, 0.1) is 13.0 Å². The second kappa shape index (κ2) is 6.21. The van der Waals surface area contributed by atoms with Gasteiger partial charge >= 0.3 is 5.97 Å². The van der Waals surface area contributed by atoms with E-state index in [1.807, 2.05) is 0 Å². The number of ether oxygens (including phenoxy) is 1. The van der Waals surface area contributed by atoms with Crippen LogP contribution in [0.3, 0.4) is 0 Å². The number of benzene rings is 1. The SMILES string of the molecule is CCOC(=O)Cc1c(F)cc(Cl)cc1CBr. The lowest BCUT2D eigenvalue weighted by Gasteiger charge is -2.09. The van der Waals surface area contributed by atoms with Crippen molar-refractivity contribution < 1.29 is 13.9 Å². The van der Waals surface area contributed by atoms with Gasteiger partial charge in [-0.1, -0.05) is 27.5 Å². The van der Waals surface area contributed by atoms with Crippen LogP contribution in [0.4, 0.5) is 4.39 Å². The Balaban J connectivity index is 2.98. The second-order valence-electron chi connectivity index (χ2n) is 3.14. The van der Waals surface area contributed by atoms with Crippen molar-refractivity contribution in [1.82, 2.24) is 0 Å². The number of esters is 1. The molecule has 0 atom stereocenters. The molecular weight excluding hydrogens is 298 g/mol. The van der Waals surface area contributed by atoms with Crippen molar-refractivity contribution in [2.24, 2.45) is 0 Å². The van der Waals surface area contributed by atoms with Gasteiger partial charge in [-0.05, 0) is 24.6 Å². The molecule has 0 spiro atoms. The number of rotatable bonds is 4. The predicted octanol–water partition coefficient (Wildman–Crippen LogP) is 3.48. The van der Waals surface area contributed by atoms with Crippen LogP contribution in [0, 0.1) is 5.82 Å². The third-order valence-electron chi connectivity index (χ3n) is 2.02. The molecule has 0 saturated carbocycles. The molecule has 0 aliphatic heterocycles. The summed E-state index contributed by atoms with van der Waals surface area (Å²) >= 11 is 8.95. The van der Waals surface area contributed by atoms with Crippen LogP contribution in [-0.4, -0.2) is 12.6 Å². The molecule has 0 aliphatic rings. The lowest BCUT2D eigenvalue weighted by atomic mass is 10.1. The maximum Gasteiger partial charge on any atom is 0.310 e. The molecule has 88 valence electrons. The van der Waals surface area contributed by atoms with Gasteiger partial charge < -0.3 is 4.74 Å². The standard InChI is InChI=1S/C11H11BrClFO2/c1-2-16-11(15)5-9-7(6-12)3-8(13)4-10(9)14/h3-4H,2,5-6H2,1H3. The second-order valence-corrected chi connectivity index (χ2v) is 4.14. The Kier molecular flexibility index (Phi) is 5.22. The normalized spacial score (nSPS) is 10.2. The van der Waals surface area contributed by atoms with E-state index in [-0.39, 0.29) is 13.0 Å². The van der Waals surface area contributed by atoms with Crippen molar-refractivity contribution >= 4 is 33.5 Å². The first-order chi connectivity index (χ1) is 7.58. The van der Waals surface area contributed by atoms with Crippen LogP contribution < -0.4 is 0 Å². The summed E-state index contributed by atoms with van der Waals surface area (Å²) in [6.45, 7) is 2.00. The molecule has 0 N–H and O–H groups in total. The fourth-order valence-corrected chi connectivity index (χ4v) is 2.06. The molecule has 0 saturated heterocycles. The van der Waals surface area contributed by atoms with Gasteiger partial charge in [0, 0.05) is 15.9 Å². The van der Waals surface area contributed by atoms with Crippen molar-refractivity contribution in [1.29, 1.82) is 0 Å². The Bertz CT molecular complexity index is 396. The molecule has 0 unspecified atom stereocenters. The number of carbonyl (C=O) groups is 1. The average Bonchev–Trinajstić information content (AvgIpc) is 2.22. The summed E-state index contributed by atoms with van der Waals surface area (Å²) < 4.78 is 18.4. The highest BCUT2D eigenvalue weighted by Gasteiger charge is 2.14. The minimum Gasteiger partial charge on any atom is -0.466 e. The topological polar surface area (TPSA) is 26.3 Å². The van der Waals surface area contributed by atoms with Crippen LogP contribution in [0.15, 0.2) is 12.1 Å². The van der Waals surface area contributed by atoms with E-state index in [1.165, 1.54) is 6.07 Å². The zero-order chi connectivity index (χ0) is 12.1.